The first-order chi connectivity index (χ1) is 15.4. The van der Waals surface area contributed by atoms with Crippen molar-refractivity contribution in [1.29, 1.82) is 0 Å². The van der Waals surface area contributed by atoms with Crippen LogP contribution in [0.4, 0.5) is 17.1 Å². The Morgan fingerprint density at radius 3 is 2.38 bits per heavy atom. The first-order valence-electron chi connectivity index (χ1n) is 9.87. The van der Waals surface area contributed by atoms with Gasteiger partial charge in [-0.05, 0) is 48.2 Å². The number of hydrogen-bond acceptors (Lipinski definition) is 5. The van der Waals surface area contributed by atoms with E-state index in [1.54, 1.807) is 48.5 Å². The van der Waals surface area contributed by atoms with Crippen LogP contribution in [-0.4, -0.2) is 16.9 Å². The van der Waals surface area contributed by atoms with Crippen LogP contribution in [-0.2, 0) is 0 Å². The fourth-order valence-corrected chi connectivity index (χ4v) is 3.29. The van der Waals surface area contributed by atoms with Gasteiger partial charge in [0.1, 0.15) is 5.69 Å². The predicted molar refractivity (Wildman–Crippen MR) is 124 cm³/mol. The van der Waals surface area contributed by atoms with Crippen molar-refractivity contribution in [1.82, 2.24) is 0 Å². The van der Waals surface area contributed by atoms with Crippen LogP contribution in [0.25, 0.3) is 10.8 Å². The molecule has 158 valence electrons. The van der Waals surface area contributed by atoms with Gasteiger partial charge in [0.05, 0.1) is 11.3 Å². The fraction of sp³-hybridized carbons (Fsp3) is 0.0400. The van der Waals surface area contributed by atoms with Crippen LogP contribution in [0.2, 0.25) is 0 Å². The van der Waals surface area contributed by atoms with Crippen LogP contribution in [0.1, 0.15) is 26.3 Å². The van der Waals surface area contributed by atoms with Gasteiger partial charge in [0.15, 0.2) is 5.75 Å². The number of azo groups is 1. The average molecular weight is 424 g/mol. The van der Waals surface area contributed by atoms with Crippen LogP contribution in [0, 0.1) is 6.92 Å². The molecule has 0 aliphatic carbocycles. The van der Waals surface area contributed by atoms with Crippen molar-refractivity contribution in [2.75, 3.05) is 5.32 Å². The number of aromatic hydroxyl groups is 1. The van der Waals surface area contributed by atoms with Gasteiger partial charge in [-0.15, -0.1) is 5.11 Å². The molecule has 0 fully saturated rings. The van der Waals surface area contributed by atoms with E-state index < -0.39 is 11.8 Å². The third-order valence-electron chi connectivity index (χ3n) is 5.02. The number of carbonyl (C=O) groups is 2. The first-order valence-corrected chi connectivity index (χ1v) is 9.87. The number of fused-ring (bicyclic) bond motifs is 1. The van der Waals surface area contributed by atoms with Crippen LogP contribution < -0.4 is 11.1 Å². The normalized spacial score (nSPS) is 11.0. The van der Waals surface area contributed by atoms with Gasteiger partial charge in [0, 0.05) is 16.6 Å². The first kappa shape index (κ1) is 20.7. The lowest BCUT2D eigenvalue weighted by atomic mass is 10.0. The molecule has 0 aliphatic heterocycles. The highest BCUT2D eigenvalue weighted by Crippen LogP contribution is 2.40. The van der Waals surface area contributed by atoms with Crippen molar-refractivity contribution in [2.24, 2.45) is 16.0 Å². The van der Waals surface area contributed by atoms with Crippen molar-refractivity contribution in [2.45, 2.75) is 6.92 Å². The van der Waals surface area contributed by atoms with Crippen LogP contribution in [0.3, 0.4) is 0 Å². The number of carbonyl (C=O) groups excluding carboxylic acids is 2. The minimum Gasteiger partial charge on any atom is -0.505 e. The lowest BCUT2D eigenvalue weighted by Crippen LogP contribution is -2.12. The highest BCUT2D eigenvalue weighted by Gasteiger charge is 2.18. The van der Waals surface area contributed by atoms with E-state index in [1.165, 1.54) is 6.07 Å². The predicted octanol–water partition coefficient (Wildman–Crippen LogP) is 5.62. The second-order valence-electron chi connectivity index (χ2n) is 7.23. The van der Waals surface area contributed by atoms with Crippen molar-refractivity contribution in [3.8, 4) is 5.75 Å². The molecule has 0 unspecified atom stereocenters. The van der Waals surface area contributed by atoms with Gasteiger partial charge in [-0.25, -0.2) is 0 Å². The molecule has 0 aromatic heterocycles. The number of primary amides is 1. The highest BCUT2D eigenvalue weighted by molar-refractivity contribution is 6.11. The highest BCUT2D eigenvalue weighted by atomic mass is 16.3. The van der Waals surface area contributed by atoms with Gasteiger partial charge in [0.2, 0.25) is 5.91 Å². The molecule has 32 heavy (non-hydrogen) atoms. The van der Waals surface area contributed by atoms with E-state index >= 15 is 0 Å². The Hall–Kier alpha value is -4.52. The van der Waals surface area contributed by atoms with Crippen molar-refractivity contribution in [3.05, 3.63) is 95.6 Å². The molecule has 0 radical (unpaired) electrons. The molecule has 2 amide bonds. The molecule has 7 heteroatoms. The number of nitrogens with two attached hydrogens (primary N) is 1. The summed E-state index contributed by atoms with van der Waals surface area (Å²) < 4.78 is 0. The standard InChI is InChI=1S/C25H20N4O3/c1-15-11-12-17(24(26)31)14-21(15)28-29-22-19-10-6-5-7-16(19)13-20(23(22)30)25(32)27-18-8-3-2-4-9-18/h2-14,30H,1H3,(H2,26,31)(H,27,32)/b29-28+. The maximum absolute atomic E-state index is 12.9. The zero-order chi connectivity index (χ0) is 22.7. The SMILES string of the molecule is Cc1ccc(C(N)=O)cc1/N=N/c1c(O)c(C(=O)Nc2ccccc2)cc2ccccc12. The smallest absolute Gasteiger partial charge is 0.259 e. The number of anilines is 1. The molecule has 4 N–H and O–H groups in total. The Bertz CT molecular complexity index is 1360. The zero-order valence-electron chi connectivity index (χ0n) is 17.2. The summed E-state index contributed by atoms with van der Waals surface area (Å²) in [5.41, 5.74) is 7.71. The lowest BCUT2D eigenvalue weighted by molar-refractivity contribution is 0.0997. The second-order valence-corrected chi connectivity index (χ2v) is 7.23. The summed E-state index contributed by atoms with van der Waals surface area (Å²) in [6.07, 6.45) is 0. The summed E-state index contributed by atoms with van der Waals surface area (Å²) in [4.78, 5) is 24.4. The molecule has 0 saturated carbocycles. The fourth-order valence-electron chi connectivity index (χ4n) is 3.29. The van der Waals surface area contributed by atoms with Crippen LogP contribution in [0.15, 0.2) is 89.1 Å². The van der Waals surface area contributed by atoms with Crippen molar-refractivity contribution in [3.63, 3.8) is 0 Å². The second kappa shape index (κ2) is 8.69. The lowest BCUT2D eigenvalue weighted by Gasteiger charge is -2.11. The van der Waals surface area contributed by atoms with Gasteiger partial charge in [-0.1, -0.05) is 48.5 Å². The van der Waals surface area contributed by atoms with E-state index in [4.69, 9.17) is 5.73 Å². The molecule has 4 rings (SSSR count). The largest absolute Gasteiger partial charge is 0.505 e. The van der Waals surface area contributed by atoms with E-state index in [9.17, 15) is 14.7 Å². The molecule has 0 heterocycles. The number of para-hydroxylation sites is 1. The Morgan fingerprint density at radius 2 is 1.62 bits per heavy atom. The number of rotatable bonds is 5. The molecule has 0 aliphatic rings. The number of benzene rings is 4. The summed E-state index contributed by atoms with van der Waals surface area (Å²) in [7, 11) is 0. The molecule has 0 bridgehead atoms. The summed E-state index contributed by atoms with van der Waals surface area (Å²) >= 11 is 0. The Balaban J connectivity index is 1.80. The maximum Gasteiger partial charge on any atom is 0.259 e. The third kappa shape index (κ3) is 4.17. The number of phenols is 1. The molecule has 0 saturated heterocycles. The van der Waals surface area contributed by atoms with Gasteiger partial charge in [-0.3, -0.25) is 9.59 Å². The Labute approximate surface area is 184 Å². The summed E-state index contributed by atoms with van der Waals surface area (Å²) in [6.45, 7) is 1.82. The van der Waals surface area contributed by atoms with Crippen LogP contribution in [0.5, 0.6) is 5.75 Å². The number of aryl methyl sites for hydroxylation is 1. The van der Waals surface area contributed by atoms with Gasteiger partial charge >= 0.3 is 0 Å². The number of nitrogens with one attached hydrogen (secondary N) is 1. The molecule has 7 nitrogen and oxygen atoms in total. The summed E-state index contributed by atoms with van der Waals surface area (Å²) in [5, 5.41) is 23.6. The quantitative estimate of drug-likeness (QED) is 0.361. The Morgan fingerprint density at radius 1 is 0.906 bits per heavy atom. The van der Waals surface area contributed by atoms with E-state index in [-0.39, 0.29) is 17.0 Å². The number of nitrogens with zero attached hydrogens (tertiary/aromatic N) is 2. The zero-order valence-corrected chi connectivity index (χ0v) is 17.2. The van der Waals surface area contributed by atoms with E-state index in [0.29, 0.717) is 22.3 Å². The molecule has 0 atom stereocenters. The van der Waals surface area contributed by atoms with Crippen molar-refractivity contribution >= 4 is 39.6 Å². The summed E-state index contributed by atoms with van der Waals surface area (Å²) in [6, 6.07) is 22.7. The maximum atomic E-state index is 12.9. The molecule has 4 aromatic carbocycles. The summed E-state index contributed by atoms with van der Waals surface area (Å²) in [5.74, 6) is -1.33. The van der Waals surface area contributed by atoms with Crippen LogP contribution >= 0.6 is 0 Å². The topological polar surface area (TPSA) is 117 Å². The average Bonchev–Trinajstić information content (AvgIpc) is 2.79. The minimum atomic E-state index is -0.575. The molecular formula is C25H20N4O3. The van der Waals surface area contributed by atoms with E-state index in [2.05, 4.69) is 15.5 Å². The molecule has 4 aromatic rings. The molecular weight excluding hydrogens is 404 g/mol. The van der Waals surface area contributed by atoms with E-state index in [1.807, 2.05) is 31.2 Å². The third-order valence-corrected chi connectivity index (χ3v) is 5.02. The van der Waals surface area contributed by atoms with Crippen molar-refractivity contribution < 1.29 is 14.7 Å². The number of phenolic OH excluding ortho intramolecular Hbond substituents is 1. The molecule has 0 spiro atoms. The number of amides is 2. The van der Waals surface area contributed by atoms with Gasteiger partial charge < -0.3 is 16.2 Å². The Kier molecular flexibility index (Phi) is 5.63. The monoisotopic (exact) mass is 424 g/mol. The number of hydrogen-bond donors (Lipinski definition) is 3. The van der Waals surface area contributed by atoms with E-state index in [0.717, 1.165) is 10.9 Å². The minimum absolute atomic E-state index is 0.0733. The van der Waals surface area contributed by atoms with Gasteiger partial charge in [-0.2, -0.15) is 5.11 Å². The van der Waals surface area contributed by atoms with Gasteiger partial charge in [0.25, 0.3) is 5.91 Å².